The minimum Gasteiger partial charge on any atom is -0.312 e. The molecule has 0 amide bonds. The van der Waals surface area contributed by atoms with Gasteiger partial charge in [0.25, 0.3) is 0 Å². The van der Waals surface area contributed by atoms with Crippen LogP contribution in [0.5, 0.6) is 0 Å². The van der Waals surface area contributed by atoms with E-state index < -0.39 is 0 Å². The van der Waals surface area contributed by atoms with Crippen molar-refractivity contribution < 1.29 is 0 Å². The van der Waals surface area contributed by atoms with E-state index in [1.165, 1.54) is 10.5 Å². The Morgan fingerprint density at radius 3 is 2.61 bits per heavy atom. The Balaban J connectivity index is 1.65. The fourth-order valence-corrected chi connectivity index (χ4v) is 2.75. The van der Waals surface area contributed by atoms with Crippen molar-refractivity contribution in [2.45, 2.75) is 11.4 Å². The molecule has 94 valence electrons. The molecule has 0 fully saturated rings. The average Bonchev–Trinajstić information content (AvgIpc) is 2.40. The third-order valence-electron chi connectivity index (χ3n) is 2.52. The first-order valence-corrected chi connectivity index (χ1v) is 7.34. The first-order valence-electron chi connectivity index (χ1n) is 5.97. The second kappa shape index (κ2) is 7.47. The van der Waals surface area contributed by atoms with Crippen molar-refractivity contribution in [2.75, 3.05) is 12.3 Å². The Morgan fingerprint density at radius 2 is 1.83 bits per heavy atom. The van der Waals surface area contributed by atoms with Gasteiger partial charge in [0.05, 0.1) is 0 Å². The lowest BCUT2D eigenvalue weighted by molar-refractivity contribution is 0.732. The van der Waals surface area contributed by atoms with Crippen molar-refractivity contribution in [3.63, 3.8) is 0 Å². The monoisotopic (exact) mass is 277 g/mol. The van der Waals surface area contributed by atoms with Crippen LogP contribution in [0.15, 0.2) is 59.5 Å². The molecular formula is C15H16ClNS. The summed E-state index contributed by atoms with van der Waals surface area (Å²) in [6.07, 6.45) is 0. The number of halogens is 1. The maximum absolute atomic E-state index is 5.94. The molecule has 0 aliphatic carbocycles. The van der Waals surface area contributed by atoms with Gasteiger partial charge in [0.1, 0.15) is 0 Å². The Morgan fingerprint density at radius 1 is 1.00 bits per heavy atom. The van der Waals surface area contributed by atoms with Crippen molar-refractivity contribution in [2.24, 2.45) is 0 Å². The number of hydrogen-bond acceptors (Lipinski definition) is 2. The Hall–Kier alpha value is -0.960. The molecule has 2 aromatic carbocycles. The van der Waals surface area contributed by atoms with E-state index in [-0.39, 0.29) is 0 Å². The summed E-state index contributed by atoms with van der Waals surface area (Å²) in [6, 6.07) is 18.4. The first kappa shape index (κ1) is 13.5. The van der Waals surface area contributed by atoms with Gasteiger partial charge in [0.2, 0.25) is 0 Å². The molecule has 3 heteroatoms. The number of rotatable bonds is 6. The molecule has 0 aliphatic heterocycles. The molecule has 0 aliphatic rings. The summed E-state index contributed by atoms with van der Waals surface area (Å²) in [5, 5.41) is 4.24. The third kappa shape index (κ3) is 4.73. The van der Waals surface area contributed by atoms with E-state index in [0.717, 1.165) is 23.9 Å². The van der Waals surface area contributed by atoms with E-state index in [0.29, 0.717) is 0 Å². The molecule has 2 aromatic rings. The molecule has 0 bridgehead atoms. The molecule has 0 unspecified atom stereocenters. The minimum absolute atomic E-state index is 0.803. The highest BCUT2D eigenvalue weighted by atomic mass is 35.5. The van der Waals surface area contributed by atoms with E-state index >= 15 is 0 Å². The summed E-state index contributed by atoms with van der Waals surface area (Å²) in [7, 11) is 0. The van der Waals surface area contributed by atoms with E-state index in [1.54, 1.807) is 0 Å². The van der Waals surface area contributed by atoms with Gasteiger partial charge in [0.15, 0.2) is 0 Å². The van der Waals surface area contributed by atoms with Crippen LogP contribution in [0.25, 0.3) is 0 Å². The first-order chi connectivity index (χ1) is 8.84. The maximum Gasteiger partial charge on any atom is 0.0417 e. The fraction of sp³-hybridized carbons (Fsp3) is 0.200. The second-order valence-electron chi connectivity index (χ2n) is 3.97. The van der Waals surface area contributed by atoms with Crippen molar-refractivity contribution in [3.8, 4) is 0 Å². The van der Waals surface area contributed by atoms with Crippen LogP contribution in [0, 0.1) is 0 Å². The van der Waals surface area contributed by atoms with Gasteiger partial charge in [-0.3, -0.25) is 0 Å². The molecule has 1 N–H and O–H groups in total. The largest absolute Gasteiger partial charge is 0.312 e. The lowest BCUT2D eigenvalue weighted by atomic mass is 10.2. The van der Waals surface area contributed by atoms with Crippen LogP contribution in [-0.4, -0.2) is 12.3 Å². The van der Waals surface area contributed by atoms with Gasteiger partial charge in [-0.25, -0.2) is 0 Å². The van der Waals surface area contributed by atoms with Crippen LogP contribution >= 0.6 is 23.4 Å². The van der Waals surface area contributed by atoms with Crippen LogP contribution in [0.2, 0.25) is 5.02 Å². The molecule has 2 rings (SSSR count). The third-order valence-corrected chi connectivity index (χ3v) is 3.75. The lowest BCUT2D eigenvalue weighted by Gasteiger charge is -2.05. The fourth-order valence-electron chi connectivity index (χ4n) is 1.63. The molecule has 0 spiro atoms. The quantitative estimate of drug-likeness (QED) is 0.627. The van der Waals surface area contributed by atoms with Gasteiger partial charge in [-0.05, 0) is 23.8 Å². The highest BCUT2D eigenvalue weighted by Gasteiger charge is 1.95. The normalized spacial score (nSPS) is 10.5. The van der Waals surface area contributed by atoms with Crippen LogP contribution in [0.1, 0.15) is 5.56 Å². The minimum atomic E-state index is 0.803. The zero-order chi connectivity index (χ0) is 12.6. The van der Waals surface area contributed by atoms with Crippen molar-refractivity contribution in [1.29, 1.82) is 0 Å². The molecule has 0 radical (unpaired) electrons. The van der Waals surface area contributed by atoms with Crippen LogP contribution in [-0.2, 0) is 6.54 Å². The van der Waals surface area contributed by atoms with Crippen LogP contribution < -0.4 is 5.32 Å². The molecule has 1 nitrogen and oxygen atoms in total. The predicted octanol–water partition coefficient (Wildman–Crippen LogP) is 4.22. The molecule has 0 saturated heterocycles. The van der Waals surface area contributed by atoms with Crippen molar-refractivity contribution in [1.82, 2.24) is 5.32 Å². The summed E-state index contributed by atoms with van der Waals surface area (Å²) >= 11 is 7.76. The maximum atomic E-state index is 5.94. The standard InChI is InChI=1S/C15H16ClNS/c16-14-7-4-8-15(11-14)18-10-9-17-12-13-5-2-1-3-6-13/h1-8,11,17H,9-10,12H2. The SMILES string of the molecule is Clc1cccc(SCCNCc2ccccc2)c1. The number of hydrogen-bond donors (Lipinski definition) is 1. The summed E-state index contributed by atoms with van der Waals surface area (Å²) < 4.78 is 0. The Labute approximate surface area is 118 Å². The predicted molar refractivity (Wildman–Crippen MR) is 80.3 cm³/mol. The molecule has 0 aromatic heterocycles. The van der Waals surface area contributed by atoms with E-state index in [2.05, 4.69) is 35.6 Å². The van der Waals surface area contributed by atoms with Gasteiger partial charge < -0.3 is 5.32 Å². The highest BCUT2D eigenvalue weighted by molar-refractivity contribution is 7.99. The van der Waals surface area contributed by atoms with Crippen LogP contribution in [0.3, 0.4) is 0 Å². The van der Waals surface area contributed by atoms with E-state index in [4.69, 9.17) is 11.6 Å². The topological polar surface area (TPSA) is 12.0 Å². The number of thioether (sulfide) groups is 1. The van der Waals surface area contributed by atoms with Crippen LogP contribution in [0.4, 0.5) is 0 Å². The zero-order valence-electron chi connectivity index (χ0n) is 10.1. The summed E-state index contributed by atoms with van der Waals surface area (Å²) in [4.78, 5) is 1.23. The summed E-state index contributed by atoms with van der Waals surface area (Å²) in [6.45, 7) is 1.92. The zero-order valence-corrected chi connectivity index (χ0v) is 11.7. The van der Waals surface area contributed by atoms with Gasteiger partial charge in [0, 0.05) is 28.8 Å². The van der Waals surface area contributed by atoms with E-state index in [9.17, 15) is 0 Å². The van der Waals surface area contributed by atoms with Gasteiger partial charge in [-0.15, -0.1) is 11.8 Å². The van der Waals surface area contributed by atoms with Crippen molar-refractivity contribution >= 4 is 23.4 Å². The van der Waals surface area contributed by atoms with Gasteiger partial charge in [-0.2, -0.15) is 0 Å². The molecule has 0 atom stereocenters. The summed E-state index contributed by atoms with van der Waals surface area (Å²) in [5.41, 5.74) is 1.32. The van der Waals surface area contributed by atoms with Crippen molar-refractivity contribution in [3.05, 3.63) is 65.2 Å². The Kier molecular flexibility index (Phi) is 5.59. The highest BCUT2D eigenvalue weighted by Crippen LogP contribution is 2.20. The molecule has 18 heavy (non-hydrogen) atoms. The number of nitrogens with one attached hydrogen (secondary N) is 1. The number of benzene rings is 2. The van der Waals surface area contributed by atoms with Gasteiger partial charge in [-0.1, -0.05) is 48.0 Å². The Bertz CT molecular complexity index is 473. The smallest absolute Gasteiger partial charge is 0.0417 e. The van der Waals surface area contributed by atoms with E-state index in [1.807, 2.05) is 36.0 Å². The van der Waals surface area contributed by atoms with Gasteiger partial charge >= 0.3 is 0 Å². The second-order valence-corrected chi connectivity index (χ2v) is 5.57. The molecule has 0 saturated carbocycles. The molecular weight excluding hydrogens is 262 g/mol. The molecule has 0 heterocycles. The lowest BCUT2D eigenvalue weighted by Crippen LogP contribution is -2.16. The average molecular weight is 278 g/mol. The summed E-state index contributed by atoms with van der Waals surface area (Å²) in [5.74, 6) is 1.05.